The van der Waals surface area contributed by atoms with Crippen molar-refractivity contribution in [2.24, 2.45) is 0 Å². The molecule has 0 bridgehead atoms. The third kappa shape index (κ3) is 4.23. The number of amides is 1. The van der Waals surface area contributed by atoms with E-state index in [1.807, 2.05) is 26.8 Å². The van der Waals surface area contributed by atoms with Gasteiger partial charge in [0.25, 0.3) is 0 Å². The van der Waals surface area contributed by atoms with Crippen molar-refractivity contribution in [2.45, 2.75) is 45.1 Å². The summed E-state index contributed by atoms with van der Waals surface area (Å²) < 4.78 is 5.42. The predicted octanol–water partition coefficient (Wildman–Crippen LogP) is 3.50. The molecule has 1 heterocycles. The largest absolute Gasteiger partial charge is 0.478 e. The third-order valence-electron chi connectivity index (χ3n) is 3.68. The zero-order valence-electron chi connectivity index (χ0n) is 13.3. The van der Waals surface area contributed by atoms with Crippen molar-refractivity contribution in [2.75, 3.05) is 13.1 Å². The number of benzene rings is 1. The van der Waals surface area contributed by atoms with Crippen molar-refractivity contribution in [3.05, 3.63) is 35.4 Å². The van der Waals surface area contributed by atoms with Gasteiger partial charge in [0, 0.05) is 19.0 Å². The number of carboxylic acid groups (broad SMARTS) is 1. The van der Waals surface area contributed by atoms with E-state index >= 15 is 0 Å². The molecule has 5 heteroatoms. The average Bonchev–Trinajstić information content (AvgIpc) is 2.46. The molecule has 1 amide bonds. The highest BCUT2D eigenvalue weighted by Crippen LogP contribution is 2.28. The first kappa shape index (κ1) is 16.3. The Balaban J connectivity index is 2.09. The number of carbonyl (C=O) groups is 2. The van der Waals surface area contributed by atoms with Crippen LogP contribution >= 0.6 is 0 Å². The zero-order chi connectivity index (χ0) is 16.3. The van der Waals surface area contributed by atoms with E-state index in [4.69, 9.17) is 9.84 Å². The summed E-state index contributed by atoms with van der Waals surface area (Å²) in [5.41, 5.74) is 0.743. The number of nitrogens with zero attached hydrogens (tertiary/aromatic N) is 1. The SMILES string of the molecule is CC(C)(C)OC(=O)N1CCCC(c2cccc(C(=O)O)c2)C1. The van der Waals surface area contributed by atoms with Crippen molar-refractivity contribution in [1.82, 2.24) is 4.90 Å². The van der Waals surface area contributed by atoms with Gasteiger partial charge in [-0.05, 0) is 51.3 Å². The molecule has 22 heavy (non-hydrogen) atoms. The maximum atomic E-state index is 12.2. The summed E-state index contributed by atoms with van der Waals surface area (Å²) in [4.78, 5) is 25.0. The van der Waals surface area contributed by atoms with Crippen molar-refractivity contribution in [1.29, 1.82) is 0 Å². The van der Waals surface area contributed by atoms with Crippen molar-refractivity contribution < 1.29 is 19.4 Å². The van der Waals surface area contributed by atoms with Gasteiger partial charge >= 0.3 is 12.1 Å². The second-order valence-corrected chi connectivity index (χ2v) is 6.70. The molecule has 0 aromatic heterocycles. The highest BCUT2D eigenvalue weighted by Gasteiger charge is 2.28. The third-order valence-corrected chi connectivity index (χ3v) is 3.68. The van der Waals surface area contributed by atoms with E-state index in [0.29, 0.717) is 13.1 Å². The van der Waals surface area contributed by atoms with E-state index in [0.717, 1.165) is 18.4 Å². The van der Waals surface area contributed by atoms with Crippen LogP contribution in [0.4, 0.5) is 4.79 Å². The van der Waals surface area contributed by atoms with Gasteiger partial charge in [-0.15, -0.1) is 0 Å². The van der Waals surface area contributed by atoms with Gasteiger partial charge in [0.1, 0.15) is 5.60 Å². The van der Waals surface area contributed by atoms with Gasteiger partial charge in [-0.3, -0.25) is 0 Å². The van der Waals surface area contributed by atoms with E-state index < -0.39 is 11.6 Å². The molecule has 1 atom stereocenters. The van der Waals surface area contributed by atoms with Crippen molar-refractivity contribution >= 4 is 12.1 Å². The van der Waals surface area contributed by atoms with Crippen LogP contribution in [-0.2, 0) is 4.74 Å². The maximum absolute atomic E-state index is 12.2. The molecular formula is C17H23NO4. The Morgan fingerprint density at radius 3 is 2.68 bits per heavy atom. The fourth-order valence-corrected chi connectivity index (χ4v) is 2.67. The van der Waals surface area contributed by atoms with Crippen LogP contribution < -0.4 is 0 Å². The second kappa shape index (κ2) is 6.38. The molecule has 0 spiro atoms. The molecule has 1 aromatic rings. The molecular weight excluding hydrogens is 282 g/mol. The molecule has 1 aromatic carbocycles. The molecule has 2 rings (SSSR count). The Morgan fingerprint density at radius 1 is 1.32 bits per heavy atom. The van der Waals surface area contributed by atoms with Gasteiger partial charge in [0.2, 0.25) is 0 Å². The lowest BCUT2D eigenvalue weighted by molar-refractivity contribution is 0.0198. The fraction of sp³-hybridized carbons (Fsp3) is 0.529. The summed E-state index contributed by atoms with van der Waals surface area (Å²) in [5, 5.41) is 9.09. The number of hydrogen-bond acceptors (Lipinski definition) is 3. The Hall–Kier alpha value is -2.04. The minimum absolute atomic E-state index is 0.153. The van der Waals surface area contributed by atoms with Crippen molar-refractivity contribution in [3.63, 3.8) is 0 Å². The second-order valence-electron chi connectivity index (χ2n) is 6.70. The molecule has 0 radical (unpaired) electrons. The van der Waals surface area contributed by atoms with E-state index in [2.05, 4.69) is 0 Å². The monoisotopic (exact) mass is 305 g/mol. The Labute approximate surface area is 130 Å². The van der Waals surface area contributed by atoms with Gasteiger partial charge in [-0.1, -0.05) is 12.1 Å². The quantitative estimate of drug-likeness (QED) is 0.908. The van der Waals surface area contributed by atoms with E-state index in [1.54, 1.807) is 23.1 Å². The summed E-state index contributed by atoms with van der Waals surface area (Å²) in [5.74, 6) is -0.776. The number of carboxylic acids is 1. The molecule has 1 aliphatic rings. The minimum atomic E-state index is -0.929. The predicted molar refractivity (Wildman–Crippen MR) is 83.2 cm³/mol. The molecule has 1 aliphatic heterocycles. The first-order chi connectivity index (χ1) is 10.3. The minimum Gasteiger partial charge on any atom is -0.478 e. The fourth-order valence-electron chi connectivity index (χ4n) is 2.67. The van der Waals surface area contributed by atoms with Crippen LogP contribution in [0.1, 0.15) is 55.5 Å². The number of hydrogen-bond donors (Lipinski definition) is 1. The van der Waals surface area contributed by atoms with Crippen LogP contribution in [0.15, 0.2) is 24.3 Å². The molecule has 0 saturated carbocycles. The van der Waals surface area contributed by atoms with Crippen LogP contribution in [0.3, 0.4) is 0 Å². The van der Waals surface area contributed by atoms with Crippen LogP contribution in [0.2, 0.25) is 0 Å². The zero-order valence-corrected chi connectivity index (χ0v) is 13.3. The lowest BCUT2D eigenvalue weighted by Crippen LogP contribution is -2.42. The standard InChI is InChI=1S/C17H23NO4/c1-17(2,3)22-16(21)18-9-5-8-14(11-18)12-6-4-7-13(10-12)15(19)20/h4,6-7,10,14H,5,8-9,11H2,1-3H3,(H,19,20). The highest BCUT2D eigenvalue weighted by atomic mass is 16.6. The highest BCUT2D eigenvalue weighted by molar-refractivity contribution is 5.87. The van der Waals surface area contributed by atoms with E-state index in [9.17, 15) is 9.59 Å². The summed E-state index contributed by atoms with van der Waals surface area (Å²) in [6.45, 7) is 6.80. The number of ether oxygens (including phenoxy) is 1. The van der Waals surface area contributed by atoms with Gasteiger partial charge in [-0.2, -0.15) is 0 Å². The first-order valence-corrected chi connectivity index (χ1v) is 7.57. The number of likely N-dealkylation sites (tertiary alicyclic amines) is 1. The molecule has 1 saturated heterocycles. The number of piperidine rings is 1. The summed E-state index contributed by atoms with van der Waals surface area (Å²) >= 11 is 0. The number of aromatic carboxylic acids is 1. The maximum Gasteiger partial charge on any atom is 0.410 e. The summed E-state index contributed by atoms with van der Waals surface area (Å²) in [6, 6.07) is 6.97. The van der Waals surface area contributed by atoms with Crippen LogP contribution in [0.25, 0.3) is 0 Å². The van der Waals surface area contributed by atoms with E-state index in [-0.39, 0.29) is 17.6 Å². The Bertz CT molecular complexity index is 562. The van der Waals surface area contributed by atoms with E-state index in [1.165, 1.54) is 0 Å². The van der Waals surface area contributed by atoms with Crippen molar-refractivity contribution in [3.8, 4) is 0 Å². The Morgan fingerprint density at radius 2 is 2.05 bits per heavy atom. The lowest BCUT2D eigenvalue weighted by Gasteiger charge is -2.34. The normalized spacial score (nSPS) is 18.9. The van der Waals surface area contributed by atoms with Gasteiger partial charge < -0.3 is 14.7 Å². The van der Waals surface area contributed by atoms with Crippen LogP contribution in [0, 0.1) is 0 Å². The molecule has 1 unspecified atom stereocenters. The lowest BCUT2D eigenvalue weighted by atomic mass is 9.90. The first-order valence-electron chi connectivity index (χ1n) is 7.57. The summed E-state index contributed by atoms with van der Waals surface area (Å²) in [7, 11) is 0. The topological polar surface area (TPSA) is 66.8 Å². The number of carbonyl (C=O) groups excluding carboxylic acids is 1. The van der Waals surface area contributed by atoms with Crippen LogP contribution in [-0.4, -0.2) is 40.8 Å². The number of rotatable bonds is 2. The smallest absolute Gasteiger partial charge is 0.410 e. The summed E-state index contributed by atoms with van der Waals surface area (Å²) in [6.07, 6.45) is 1.54. The molecule has 0 aliphatic carbocycles. The molecule has 5 nitrogen and oxygen atoms in total. The average molecular weight is 305 g/mol. The molecule has 1 N–H and O–H groups in total. The van der Waals surface area contributed by atoms with Gasteiger partial charge in [0.05, 0.1) is 5.56 Å². The van der Waals surface area contributed by atoms with Gasteiger partial charge in [-0.25, -0.2) is 9.59 Å². The van der Waals surface area contributed by atoms with Crippen LogP contribution in [0.5, 0.6) is 0 Å². The molecule has 1 fully saturated rings. The Kier molecular flexibility index (Phi) is 4.74. The molecule has 120 valence electrons. The van der Waals surface area contributed by atoms with Gasteiger partial charge in [0.15, 0.2) is 0 Å².